The molecule has 0 aliphatic heterocycles. The van der Waals surface area contributed by atoms with E-state index in [9.17, 15) is 14.4 Å². The Morgan fingerprint density at radius 2 is 1.71 bits per heavy atom. The summed E-state index contributed by atoms with van der Waals surface area (Å²) in [5.41, 5.74) is 3.95. The number of nitrogens with one attached hydrogen (secondary N) is 2. The summed E-state index contributed by atoms with van der Waals surface area (Å²) in [6.07, 6.45) is 1.44. The average Bonchev–Trinajstić information content (AvgIpc) is 2.77. The molecule has 0 heterocycles. The van der Waals surface area contributed by atoms with Gasteiger partial charge in [-0.2, -0.15) is 5.10 Å². The fraction of sp³-hybridized carbons (Fsp3) is 0.273. The molecule has 2 amide bonds. The van der Waals surface area contributed by atoms with Gasteiger partial charge in [-0.25, -0.2) is 10.2 Å². The highest BCUT2D eigenvalue weighted by Crippen LogP contribution is 2.15. The Morgan fingerprint density at radius 3 is 2.42 bits per heavy atom. The Hall–Kier alpha value is -3.88. The van der Waals surface area contributed by atoms with E-state index in [1.807, 2.05) is 25.1 Å². The molecular weight excluding hydrogens is 402 g/mol. The summed E-state index contributed by atoms with van der Waals surface area (Å²) in [4.78, 5) is 34.8. The molecule has 0 atom stereocenters. The van der Waals surface area contributed by atoms with Crippen LogP contribution in [-0.4, -0.2) is 50.4 Å². The molecule has 0 aliphatic carbocycles. The van der Waals surface area contributed by atoms with Gasteiger partial charge in [-0.15, -0.1) is 0 Å². The quantitative estimate of drug-likeness (QED) is 0.320. The number of amides is 2. The number of benzene rings is 2. The van der Waals surface area contributed by atoms with E-state index in [1.165, 1.54) is 6.21 Å². The Balaban J connectivity index is 1.66. The zero-order valence-corrected chi connectivity index (χ0v) is 17.4. The molecule has 0 bridgehead atoms. The smallest absolute Gasteiger partial charge is 0.344 e. The number of hydrazone groups is 1. The highest BCUT2D eigenvalue weighted by atomic mass is 16.6. The van der Waals surface area contributed by atoms with Gasteiger partial charge in [0.05, 0.1) is 19.4 Å². The molecule has 2 aromatic carbocycles. The molecule has 0 saturated heterocycles. The number of hydrogen-bond donors (Lipinski definition) is 2. The third kappa shape index (κ3) is 8.99. The minimum Gasteiger partial charge on any atom is -0.484 e. The summed E-state index contributed by atoms with van der Waals surface area (Å²) in [5.74, 6) is -0.214. The molecule has 31 heavy (non-hydrogen) atoms. The molecule has 0 unspecified atom stereocenters. The maximum atomic E-state index is 11.8. The van der Waals surface area contributed by atoms with Crippen molar-refractivity contribution >= 4 is 24.0 Å². The number of esters is 1. The minimum atomic E-state index is -0.477. The monoisotopic (exact) mass is 427 g/mol. The van der Waals surface area contributed by atoms with Crippen LogP contribution in [0.1, 0.15) is 18.1 Å². The third-order valence-corrected chi connectivity index (χ3v) is 3.84. The molecule has 0 spiro atoms. The van der Waals surface area contributed by atoms with Gasteiger partial charge >= 0.3 is 5.97 Å². The Bertz CT molecular complexity index is 912. The van der Waals surface area contributed by atoms with E-state index in [-0.39, 0.29) is 19.8 Å². The highest BCUT2D eigenvalue weighted by molar-refractivity contribution is 5.86. The lowest BCUT2D eigenvalue weighted by molar-refractivity contribution is -0.145. The molecule has 9 heteroatoms. The highest BCUT2D eigenvalue weighted by Gasteiger charge is 2.07. The second kappa shape index (κ2) is 12.6. The topological polar surface area (TPSA) is 115 Å². The normalized spacial score (nSPS) is 10.4. The van der Waals surface area contributed by atoms with Gasteiger partial charge in [0.2, 0.25) is 0 Å². The van der Waals surface area contributed by atoms with E-state index in [0.29, 0.717) is 23.7 Å². The summed E-state index contributed by atoms with van der Waals surface area (Å²) in [7, 11) is 0. The Morgan fingerprint density at radius 1 is 0.968 bits per heavy atom. The molecule has 2 N–H and O–H groups in total. The van der Waals surface area contributed by atoms with Crippen molar-refractivity contribution in [1.82, 2.24) is 10.7 Å². The third-order valence-electron chi connectivity index (χ3n) is 3.84. The van der Waals surface area contributed by atoms with Crippen molar-refractivity contribution in [2.75, 3.05) is 26.4 Å². The van der Waals surface area contributed by atoms with E-state index < -0.39 is 17.8 Å². The van der Waals surface area contributed by atoms with Crippen LogP contribution in [0.3, 0.4) is 0 Å². The standard InChI is InChI=1S/C22H25N3O6/c1-3-29-22(28)15-30-18-10-8-17(9-11-18)12-24-25-20(26)13-23-21(27)14-31-19-7-5-4-6-16(19)2/h4-12H,3,13-15H2,1-2H3,(H,23,27)(H,25,26). The largest absolute Gasteiger partial charge is 0.484 e. The van der Waals surface area contributed by atoms with Gasteiger partial charge in [-0.05, 0) is 55.3 Å². The van der Waals surface area contributed by atoms with E-state index in [0.717, 1.165) is 5.56 Å². The van der Waals surface area contributed by atoms with Gasteiger partial charge in [0, 0.05) is 0 Å². The van der Waals surface area contributed by atoms with Gasteiger partial charge in [0.25, 0.3) is 11.8 Å². The van der Waals surface area contributed by atoms with E-state index >= 15 is 0 Å². The van der Waals surface area contributed by atoms with Crippen LogP contribution in [0.4, 0.5) is 0 Å². The van der Waals surface area contributed by atoms with Crippen LogP contribution in [0.5, 0.6) is 11.5 Å². The molecule has 0 saturated carbocycles. The molecule has 0 fully saturated rings. The maximum absolute atomic E-state index is 11.8. The van der Waals surface area contributed by atoms with Gasteiger partial charge in [-0.3, -0.25) is 9.59 Å². The van der Waals surface area contributed by atoms with Crippen molar-refractivity contribution in [1.29, 1.82) is 0 Å². The van der Waals surface area contributed by atoms with Crippen molar-refractivity contribution in [3.8, 4) is 11.5 Å². The van der Waals surface area contributed by atoms with Crippen molar-refractivity contribution in [3.63, 3.8) is 0 Å². The predicted molar refractivity (Wildman–Crippen MR) is 114 cm³/mol. The van der Waals surface area contributed by atoms with Gasteiger partial charge in [0.15, 0.2) is 13.2 Å². The second-order valence-corrected chi connectivity index (χ2v) is 6.29. The molecule has 164 valence electrons. The second-order valence-electron chi connectivity index (χ2n) is 6.29. The van der Waals surface area contributed by atoms with Crippen LogP contribution in [0, 0.1) is 6.92 Å². The average molecular weight is 427 g/mol. The number of carbonyl (C=O) groups is 3. The first-order chi connectivity index (χ1) is 15.0. The van der Waals surface area contributed by atoms with E-state index in [1.54, 1.807) is 37.3 Å². The first kappa shape index (κ1) is 23.4. The van der Waals surface area contributed by atoms with Crippen LogP contribution in [0.15, 0.2) is 53.6 Å². The van der Waals surface area contributed by atoms with Crippen molar-refractivity contribution in [3.05, 3.63) is 59.7 Å². The van der Waals surface area contributed by atoms with Crippen LogP contribution >= 0.6 is 0 Å². The Kier molecular flexibility index (Phi) is 9.54. The summed E-state index contributed by atoms with van der Waals surface area (Å²) in [5, 5.41) is 6.29. The summed E-state index contributed by atoms with van der Waals surface area (Å²) in [6, 6.07) is 14.1. The predicted octanol–water partition coefficient (Wildman–Crippen LogP) is 1.58. The van der Waals surface area contributed by atoms with Crippen molar-refractivity contribution in [2.24, 2.45) is 5.10 Å². The van der Waals surface area contributed by atoms with E-state index in [4.69, 9.17) is 14.2 Å². The fourth-order valence-electron chi connectivity index (χ4n) is 2.30. The molecule has 0 radical (unpaired) electrons. The number of hydrogen-bond acceptors (Lipinski definition) is 7. The zero-order valence-electron chi connectivity index (χ0n) is 17.4. The maximum Gasteiger partial charge on any atom is 0.344 e. The number of ether oxygens (including phenoxy) is 3. The molecular formula is C22H25N3O6. The molecule has 2 rings (SSSR count). The van der Waals surface area contributed by atoms with Gasteiger partial charge in [0.1, 0.15) is 11.5 Å². The summed E-state index contributed by atoms with van der Waals surface area (Å²) >= 11 is 0. The Labute approximate surface area is 180 Å². The fourth-order valence-corrected chi connectivity index (χ4v) is 2.30. The van der Waals surface area contributed by atoms with Crippen LogP contribution in [-0.2, 0) is 19.1 Å². The lowest BCUT2D eigenvalue weighted by Crippen LogP contribution is -2.37. The molecule has 0 aromatic heterocycles. The van der Waals surface area contributed by atoms with Crippen LogP contribution in [0.25, 0.3) is 0 Å². The molecule has 2 aromatic rings. The minimum absolute atomic E-state index is 0.168. The molecule has 9 nitrogen and oxygen atoms in total. The van der Waals surface area contributed by atoms with Crippen LogP contribution in [0.2, 0.25) is 0 Å². The zero-order chi connectivity index (χ0) is 22.5. The lowest BCUT2D eigenvalue weighted by atomic mass is 10.2. The number of nitrogens with zero attached hydrogens (tertiary/aromatic N) is 1. The van der Waals surface area contributed by atoms with Crippen LogP contribution < -0.4 is 20.2 Å². The number of para-hydroxylation sites is 1. The SMILES string of the molecule is CCOC(=O)COc1ccc(C=NNC(=O)CNC(=O)COc2ccccc2C)cc1. The van der Waals surface area contributed by atoms with Crippen molar-refractivity contribution < 1.29 is 28.6 Å². The van der Waals surface area contributed by atoms with Crippen molar-refractivity contribution in [2.45, 2.75) is 13.8 Å². The number of carbonyl (C=O) groups excluding carboxylic acids is 3. The van der Waals surface area contributed by atoms with Gasteiger partial charge < -0.3 is 19.5 Å². The lowest BCUT2D eigenvalue weighted by Gasteiger charge is -2.08. The number of rotatable bonds is 11. The van der Waals surface area contributed by atoms with Gasteiger partial charge in [-0.1, -0.05) is 18.2 Å². The first-order valence-corrected chi connectivity index (χ1v) is 9.63. The summed E-state index contributed by atoms with van der Waals surface area (Å²) < 4.78 is 15.5. The first-order valence-electron chi connectivity index (χ1n) is 9.63. The number of aryl methyl sites for hydroxylation is 1. The molecule has 0 aliphatic rings. The van der Waals surface area contributed by atoms with E-state index in [2.05, 4.69) is 15.8 Å². The summed E-state index contributed by atoms with van der Waals surface area (Å²) in [6.45, 7) is 3.32.